The monoisotopic (exact) mass is 242 g/mol. The van der Waals surface area contributed by atoms with Gasteiger partial charge in [-0.2, -0.15) is 0 Å². The van der Waals surface area contributed by atoms with Crippen LogP contribution in [0.25, 0.3) is 0 Å². The van der Waals surface area contributed by atoms with E-state index in [1.54, 1.807) is 0 Å². The molecule has 1 atom stereocenters. The maximum Gasteiger partial charge on any atom is 0.251 e. The van der Waals surface area contributed by atoms with Gasteiger partial charge in [0.2, 0.25) is 0 Å². The van der Waals surface area contributed by atoms with Crippen LogP contribution >= 0.6 is 0 Å². The molecule has 1 fully saturated rings. The second-order valence-electron chi connectivity index (χ2n) is 4.61. The first-order valence-corrected chi connectivity index (χ1v) is 6.86. The summed E-state index contributed by atoms with van der Waals surface area (Å²) in [5.41, 5.74) is 0. The van der Waals surface area contributed by atoms with Gasteiger partial charge in [0.1, 0.15) is 6.10 Å². The van der Waals surface area contributed by atoms with Crippen molar-refractivity contribution in [2.24, 2.45) is 0 Å². The normalized spacial score (nSPS) is 18.8. The van der Waals surface area contributed by atoms with Gasteiger partial charge < -0.3 is 15.0 Å². The van der Waals surface area contributed by atoms with Crippen molar-refractivity contribution in [1.82, 2.24) is 10.2 Å². The number of likely N-dealkylation sites (tertiary alicyclic amines) is 1. The minimum absolute atomic E-state index is 0.156. The quantitative estimate of drug-likeness (QED) is 0.716. The number of carbonyl (C=O) groups is 1. The largest absolute Gasteiger partial charge is 0.367 e. The summed E-state index contributed by atoms with van der Waals surface area (Å²) in [5, 5.41) is 3.18. The zero-order valence-corrected chi connectivity index (χ0v) is 11.2. The summed E-state index contributed by atoms with van der Waals surface area (Å²) in [5.74, 6) is 0.156. The minimum atomic E-state index is -0.299. The van der Waals surface area contributed by atoms with E-state index in [4.69, 9.17) is 4.74 Å². The van der Waals surface area contributed by atoms with Crippen molar-refractivity contribution in [3.63, 3.8) is 0 Å². The molecule has 0 saturated carbocycles. The number of likely N-dealkylation sites (N-methyl/N-ethyl adjacent to an activating group) is 1. The standard InChI is InChI=1S/C13H26N2O2/c1-3-14-8-11-17-12(2)13(16)15-9-6-4-5-7-10-15/h12,14H,3-11H2,1-2H3. The molecule has 17 heavy (non-hydrogen) atoms. The Labute approximate surface area is 105 Å². The van der Waals surface area contributed by atoms with Crippen LogP contribution in [-0.4, -0.2) is 49.7 Å². The maximum atomic E-state index is 12.1. The lowest BCUT2D eigenvalue weighted by Gasteiger charge is -2.24. The van der Waals surface area contributed by atoms with E-state index in [0.717, 1.165) is 39.0 Å². The Morgan fingerprint density at radius 1 is 1.29 bits per heavy atom. The highest BCUT2D eigenvalue weighted by molar-refractivity contribution is 5.80. The summed E-state index contributed by atoms with van der Waals surface area (Å²) in [6.07, 6.45) is 4.47. The van der Waals surface area contributed by atoms with E-state index >= 15 is 0 Å². The first-order chi connectivity index (χ1) is 8.25. The molecule has 1 rings (SSSR count). The van der Waals surface area contributed by atoms with E-state index in [2.05, 4.69) is 12.2 Å². The molecule has 1 aliphatic heterocycles. The number of nitrogens with zero attached hydrogens (tertiary/aromatic N) is 1. The van der Waals surface area contributed by atoms with Crippen LogP contribution in [0.1, 0.15) is 39.5 Å². The number of amides is 1. The average molecular weight is 242 g/mol. The molecule has 1 aliphatic rings. The van der Waals surface area contributed by atoms with Gasteiger partial charge in [-0.05, 0) is 26.3 Å². The molecule has 1 amide bonds. The lowest BCUT2D eigenvalue weighted by molar-refractivity contribution is -0.142. The minimum Gasteiger partial charge on any atom is -0.367 e. The van der Waals surface area contributed by atoms with Crippen LogP contribution in [-0.2, 0) is 9.53 Å². The van der Waals surface area contributed by atoms with Crippen LogP contribution < -0.4 is 5.32 Å². The van der Waals surface area contributed by atoms with Gasteiger partial charge in [-0.15, -0.1) is 0 Å². The van der Waals surface area contributed by atoms with E-state index in [1.807, 2.05) is 11.8 Å². The molecule has 0 aromatic heterocycles. The smallest absolute Gasteiger partial charge is 0.251 e. The van der Waals surface area contributed by atoms with Crippen LogP contribution in [0, 0.1) is 0 Å². The molecule has 0 bridgehead atoms. The Balaban J connectivity index is 2.24. The van der Waals surface area contributed by atoms with Crippen molar-refractivity contribution in [2.45, 2.75) is 45.6 Å². The number of hydrogen-bond donors (Lipinski definition) is 1. The van der Waals surface area contributed by atoms with Gasteiger partial charge in [0.05, 0.1) is 6.61 Å². The van der Waals surface area contributed by atoms with E-state index in [0.29, 0.717) is 6.61 Å². The summed E-state index contributed by atoms with van der Waals surface area (Å²) < 4.78 is 5.55. The van der Waals surface area contributed by atoms with Crippen molar-refractivity contribution in [3.8, 4) is 0 Å². The van der Waals surface area contributed by atoms with Crippen molar-refractivity contribution < 1.29 is 9.53 Å². The van der Waals surface area contributed by atoms with E-state index in [-0.39, 0.29) is 12.0 Å². The molecule has 1 heterocycles. The summed E-state index contributed by atoms with van der Waals surface area (Å²) in [4.78, 5) is 14.1. The fourth-order valence-corrected chi connectivity index (χ4v) is 2.10. The second kappa shape index (κ2) is 8.48. The van der Waals surface area contributed by atoms with Crippen LogP contribution in [0.5, 0.6) is 0 Å². The van der Waals surface area contributed by atoms with Gasteiger partial charge in [0.15, 0.2) is 0 Å². The third-order valence-electron chi connectivity index (χ3n) is 3.16. The Kier molecular flexibility index (Phi) is 7.21. The Morgan fingerprint density at radius 2 is 1.94 bits per heavy atom. The molecule has 1 saturated heterocycles. The summed E-state index contributed by atoms with van der Waals surface area (Å²) in [6, 6.07) is 0. The molecule has 0 aromatic carbocycles. The van der Waals surface area contributed by atoms with Crippen molar-refractivity contribution in [2.75, 3.05) is 32.8 Å². The van der Waals surface area contributed by atoms with Crippen molar-refractivity contribution in [1.29, 1.82) is 0 Å². The van der Waals surface area contributed by atoms with Crippen molar-refractivity contribution in [3.05, 3.63) is 0 Å². The Hall–Kier alpha value is -0.610. The van der Waals surface area contributed by atoms with Gasteiger partial charge in [-0.1, -0.05) is 19.8 Å². The van der Waals surface area contributed by atoms with Gasteiger partial charge in [-0.25, -0.2) is 0 Å². The number of nitrogens with one attached hydrogen (secondary N) is 1. The molecule has 4 heteroatoms. The highest BCUT2D eigenvalue weighted by atomic mass is 16.5. The number of rotatable bonds is 6. The molecular weight excluding hydrogens is 216 g/mol. The molecule has 1 unspecified atom stereocenters. The lowest BCUT2D eigenvalue weighted by atomic mass is 10.2. The summed E-state index contributed by atoms with van der Waals surface area (Å²) in [7, 11) is 0. The lowest BCUT2D eigenvalue weighted by Crippen LogP contribution is -2.40. The first kappa shape index (κ1) is 14.5. The third-order valence-corrected chi connectivity index (χ3v) is 3.16. The molecule has 0 aliphatic carbocycles. The molecular formula is C13H26N2O2. The van der Waals surface area contributed by atoms with Gasteiger partial charge >= 0.3 is 0 Å². The van der Waals surface area contributed by atoms with Crippen LogP contribution in [0.4, 0.5) is 0 Å². The summed E-state index contributed by atoms with van der Waals surface area (Å²) >= 11 is 0. The number of carbonyl (C=O) groups excluding carboxylic acids is 1. The van der Waals surface area contributed by atoms with E-state index in [9.17, 15) is 4.79 Å². The number of hydrogen-bond acceptors (Lipinski definition) is 3. The fraction of sp³-hybridized carbons (Fsp3) is 0.923. The van der Waals surface area contributed by atoms with Gasteiger partial charge in [0.25, 0.3) is 5.91 Å². The number of ether oxygens (including phenoxy) is 1. The average Bonchev–Trinajstić information content (AvgIpc) is 2.62. The fourth-order valence-electron chi connectivity index (χ4n) is 2.10. The molecule has 100 valence electrons. The molecule has 0 aromatic rings. The topological polar surface area (TPSA) is 41.6 Å². The second-order valence-corrected chi connectivity index (χ2v) is 4.61. The van der Waals surface area contributed by atoms with E-state index < -0.39 is 0 Å². The predicted octanol–water partition coefficient (Wildman–Crippen LogP) is 1.40. The van der Waals surface area contributed by atoms with E-state index in [1.165, 1.54) is 12.8 Å². The van der Waals surface area contributed by atoms with Crippen LogP contribution in [0.2, 0.25) is 0 Å². The molecule has 0 radical (unpaired) electrons. The van der Waals surface area contributed by atoms with Gasteiger partial charge in [-0.3, -0.25) is 4.79 Å². The highest BCUT2D eigenvalue weighted by Crippen LogP contribution is 2.11. The van der Waals surface area contributed by atoms with Crippen molar-refractivity contribution >= 4 is 5.91 Å². The Bertz CT molecular complexity index is 213. The van der Waals surface area contributed by atoms with Crippen LogP contribution in [0.3, 0.4) is 0 Å². The predicted molar refractivity (Wildman–Crippen MR) is 69.0 cm³/mol. The summed E-state index contributed by atoms with van der Waals surface area (Å²) in [6.45, 7) is 8.09. The zero-order valence-electron chi connectivity index (χ0n) is 11.2. The molecule has 0 spiro atoms. The third kappa shape index (κ3) is 5.50. The molecule has 4 nitrogen and oxygen atoms in total. The Morgan fingerprint density at radius 3 is 2.53 bits per heavy atom. The maximum absolute atomic E-state index is 12.1. The SMILES string of the molecule is CCNCCOC(C)C(=O)N1CCCCCC1. The van der Waals surface area contributed by atoms with Crippen LogP contribution in [0.15, 0.2) is 0 Å². The zero-order chi connectivity index (χ0) is 12.5. The van der Waals surface area contributed by atoms with Gasteiger partial charge in [0, 0.05) is 19.6 Å². The highest BCUT2D eigenvalue weighted by Gasteiger charge is 2.21. The molecule has 1 N–H and O–H groups in total. The first-order valence-electron chi connectivity index (χ1n) is 6.86.